The lowest BCUT2D eigenvalue weighted by Gasteiger charge is -2.15. The molecule has 0 aliphatic rings. The molecule has 0 aromatic heterocycles. The zero-order chi connectivity index (χ0) is 16.0. The van der Waals surface area contributed by atoms with Gasteiger partial charge in [-0.3, -0.25) is 9.59 Å². The van der Waals surface area contributed by atoms with E-state index in [0.717, 1.165) is 0 Å². The van der Waals surface area contributed by atoms with E-state index >= 15 is 0 Å². The number of hydrogen-bond acceptors (Lipinski definition) is 4. The van der Waals surface area contributed by atoms with E-state index in [1.807, 2.05) is 0 Å². The number of carboxylic acids is 1. The van der Waals surface area contributed by atoms with Crippen molar-refractivity contribution < 1.29 is 19.8 Å². The Labute approximate surface area is 132 Å². The highest BCUT2D eigenvalue weighted by atomic mass is 35.5. The lowest BCUT2D eigenvalue weighted by molar-refractivity contribution is -0.141. The molecule has 0 fully saturated rings. The van der Waals surface area contributed by atoms with Gasteiger partial charge in [0.2, 0.25) is 5.91 Å². The van der Waals surface area contributed by atoms with Gasteiger partial charge in [0.15, 0.2) is 0 Å². The molecular weight excluding hydrogens is 319 g/mol. The van der Waals surface area contributed by atoms with Gasteiger partial charge in [0.25, 0.3) is 0 Å². The SMILES string of the molecule is CC(O)CNC(CC(=O)Nc1ccc(Cl)c(Cl)c1)C(=O)O. The zero-order valence-corrected chi connectivity index (χ0v) is 12.8. The number of rotatable bonds is 7. The van der Waals surface area contributed by atoms with Gasteiger partial charge < -0.3 is 20.8 Å². The number of benzene rings is 1. The molecule has 2 atom stereocenters. The Balaban J connectivity index is 2.60. The molecule has 1 amide bonds. The summed E-state index contributed by atoms with van der Waals surface area (Å²) in [6.45, 7) is 1.60. The van der Waals surface area contributed by atoms with Crippen LogP contribution in [0.1, 0.15) is 13.3 Å². The van der Waals surface area contributed by atoms with Crippen molar-refractivity contribution in [1.82, 2.24) is 5.32 Å². The molecule has 0 saturated heterocycles. The van der Waals surface area contributed by atoms with Gasteiger partial charge >= 0.3 is 5.97 Å². The Hall–Kier alpha value is -1.34. The van der Waals surface area contributed by atoms with Crippen LogP contribution >= 0.6 is 23.2 Å². The van der Waals surface area contributed by atoms with Crippen LogP contribution in [0.3, 0.4) is 0 Å². The van der Waals surface area contributed by atoms with Gasteiger partial charge in [0, 0.05) is 12.2 Å². The van der Waals surface area contributed by atoms with Crippen LogP contribution in [-0.2, 0) is 9.59 Å². The number of hydrogen-bond donors (Lipinski definition) is 4. The standard InChI is InChI=1S/C13H16Cl2N2O4/c1-7(18)6-16-11(13(20)21)5-12(19)17-8-2-3-9(14)10(15)4-8/h2-4,7,11,16,18H,5-6H2,1H3,(H,17,19)(H,20,21). The summed E-state index contributed by atoms with van der Waals surface area (Å²) in [6.07, 6.45) is -0.979. The topological polar surface area (TPSA) is 98.7 Å². The molecule has 1 aromatic carbocycles. The highest BCUT2D eigenvalue weighted by Gasteiger charge is 2.21. The van der Waals surface area contributed by atoms with E-state index in [-0.39, 0.29) is 18.0 Å². The van der Waals surface area contributed by atoms with Gasteiger partial charge in [0.1, 0.15) is 6.04 Å². The van der Waals surface area contributed by atoms with Crippen molar-refractivity contribution in [2.24, 2.45) is 0 Å². The van der Waals surface area contributed by atoms with E-state index in [2.05, 4.69) is 10.6 Å². The van der Waals surface area contributed by atoms with Crippen molar-refractivity contribution in [2.45, 2.75) is 25.5 Å². The van der Waals surface area contributed by atoms with Crippen molar-refractivity contribution in [3.8, 4) is 0 Å². The molecule has 21 heavy (non-hydrogen) atoms. The van der Waals surface area contributed by atoms with Crippen LogP contribution in [0.2, 0.25) is 10.0 Å². The molecule has 116 valence electrons. The van der Waals surface area contributed by atoms with Crippen molar-refractivity contribution in [2.75, 3.05) is 11.9 Å². The van der Waals surface area contributed by atoms with Crippen LogP contribution in [0, 0.1) is 0 Å². The Kier molecular flexibility index (Phi) is 6.91. The maximum absolute atomic E-state index is 11.8. The number of halogens is 2. The number of aliphatic hydroxyl groups is 1. The largest absolute Gasteiger partial charge is 0.480 e. The Morgan fingerprint density at radius 3 is 2.48 bits per heavy atom. The molecular formula is C13H16Cl2N2O4. The summed E-state index contributed by atoms with van der Waals surface area (Å²) in [5.74, 6) is -1.65. The first-order valence-electron chi connectivity index (χ1n) is 6.18. The average Bonchev–Trinajstić information content (AvgIpc) is 2.38. The Bertz CT molecular complexity index is 523. The smallest absolute Gasteiger partial charge is 0.321 e. The highest BCUT2D eigenvalue weighted by molar-refractivity contribution is 6.42. The van der Waals surface area contributed by atoms with Gasteiger partial charge in [-0.1, -0.05) is 23.2 Å². The quantitative estimate of drug-likeness (QED) is 0.608. The fraction of sp³-hybridized carbons (Fsp3) is 0.385. The van der Waals surface area contributed by atoms with Gasteiger partial charge in [-0.05, 0) is 25.1 Å². The van der Waals surface area contributed by atoms with Crippen molar-refractivity contribution in [3.05, 3.63) is 28.2 Å². The summed E-state index contributed by atoms with van der Waals surface area (Å²) in [4.78, 5) is 22.9. The lowest BCUT2D eigenvalue weighted by Crippen LogP contribution is -2.42. The van der Waals surface area contributed by atoms with E-state index in [9.17, 15) is 9.59 Å². The zero-order valence-electron chi connectivity index (χ0n) is 11.3. The van der Waals surface area contributed by atoms with Gasteiger partial charge in [-0.25, -0.2) is 0 Å². The summed E-state index contributed by atoms with van der Waals surface area (Å²) < 4.78 is 0. The van der Waals surface area contributed by atoms with E-state index < -0.39 is 24.0 Å². The summed E-state index contributed by atoms with van der Waals surface area (Å²) in [6, 6.07) is 3.48. The Morgan fingerprint density at radius 1 is 1.29 bits per heavy atom. The minimum Gasteiger partial charge on any atom is -0.480 e. The summed E-state index contributed by atoms with van der Waals surface area (Å²) in [7, 11) is 0. The van der Waals surface area contributed by atoms with E-state index in [4.69, 9.17) is 33.4 Å². The predicted octanol–water partition coefficient (Wildman–Crippen LogP) is 1.75. The third kappa shape index (κ3) is 6.31. The number of aliphatic carboxylic acids is 1. The molecule has 0 spiro atoms. The van der Waals surface area contributed by atoms with E-state index in [1.54, 1.807) is 6.07 Å². The number of amides is 1. The van der Waals surface area contributed by atoms with Gasteiger partial charge in [0.05, 0.1) is 22.6 Å². The monoisotopic (exact) mass is 334 g/mol. The fourth-order valence-electron chi connectivity index (χ4n) is 1.53. The summed E-state index contributed by atoms with van der Waals surface area (Å²) >= 11 is 11.6. The third-order valence-corrected chi connectivity index (χ3v) is 3.29. The number of nitrogens with one attached hydrogen (secondary N) is 2. The van der Waals surface area contributed by atoms with Crippen LogP contribution in [0.5, 0.6) is 0 Å². The van der Waals surface area contributed by atoms with Crippen molar-refractivity contribution >= 4 is 40.8 Å². The molecule has 0 aliphatic heterocycles. The molecule has 0 aliphatic carbocycles. The molecule has 0 heterocycles. The maximum atomic E-state index is 11.8. The van der Waals surface area contributed by atoms with E-state index in [0.29, 0.717) is 10.7 Å². The maximum Gasteiger partial charge on any atom is 0.321 e. The van der Waals surface area contributed by atoms with Crippen LogP contribution < -0.4 is 10.6 Å². The lowest BCUT2D eigenvalue weighted by atomic mass is 10.2. The molecule has 1 aromatic rings. The first kappa shape index (κ1) is 17.7. The average molecular weight is 335 g/mol. The van der Waals surface area contributed by atoms with Crippen LogP contribution in [-0.4, -0.2) is 40.8 Å². The minimum atomic E-state index is -1.17. The molecule has 8 heteroatoms. The highest BCUT2D eigenvalue weighted by Crippen LogP contribution is 2.25. The van der Waals surface area contributed by atoms with E-state index in [1.165, 1.54) is 19.1 Å². The number of carboxylic acid groups (broad SMARTS) is 1. The number of carbonyl (C=O) groups is 2. The summed E-state index contributed by atoms with van der Waals surface area (Å²) in [5, 5.41) is 23.9. The third-order valence-electron chi connectivity index (χ3n) is 2.55. The molecule has 4 N–H and O–H groups in total. The first-order valence-corrected chi connectivity index (χ1v) is 6.94. The van der Waals surface area contributed by atoms with Gasteiger partial charge in [-0.15, -0.1) is 0 Å². The minimum absolute atomic E-state index is 0.0804. The summed E-state index contributed by atoms with van der Waals surface area (Å²) in [5.41, 5.74) is 0.425. The molecule has 6 nitrogen and oxygen atoms in total. The molecule has 1 rings (SSSR count). The first-order chi connectivity index (χ1) is 9.79. The van der Waals surface area contributed by atoms with Crippen molar-refractivity contribution in [3.63, 3.8) is 0 Å². The molecule has 0 bridgehead atoms. The number of aliphatic hydroxyl groups excluding tert-OH is 1. The van der Waals surface area contributed by atoms with Crippen molar-refractivity contribution in [1.29, 1.82) is 0 Å². The van der Waals surface area contributed by atoms with Crippen LogP contribution in [0.15, 0.2) is 18.2 Å². The molecule has 0 radical (unpaired) electrons. The predicted molar refractivity (Wildman–Crippen MR) is 80.8 cm³/mol. The van der Waals surface area contributed by atoms with Gasteiger partial charge in [-0.2, -0.15) is 0 Å². The molecule has 2 unspecified atom stereocenters. The Morgan fingerprint density at radius 2 is 1.95 bits per heavy atom. The second-order valence-corrected chi connectivity index (χ2v) is 5.34. The van der Waals surface area contributed by atoms with Crippen LogP contribution in [0.25, 0.3) is 0 Å². The normalized spacial score (nSPS) is 13.5. The van der Waals surface area contributed by atoms with Crippen LogP contribution in [0.4, 0.5) is 5.69 Å². The second kappa shape index (κ2) is 8.19. The molecule has 0 saturated carbocycles. The number of carbonyl (C=O) groups excluding carboxylic acids is 1. The number of anilines is 1. The second-order valence-electron chi connectivity index (χ2n) is 4.53. The fourth-order valence-corrected chi connectivity index (χ4v) is 1.83.